The molecule has 1 aromatic carbocycles. The molecule has 4 nitrogen and oxygen atoms in total. The monoisotopic (exact) mass is 242 g/mol. The molecule has 2 aromatic rings. The predicted molar refractivity (Wildman–Crippen MR) is 69.6 cm³/mol. The molecule has 3 rings (SSSR count). The molecular weight excluding hydrogens is 228 g/mol. The van der Waals surface area contributed by atoms with Gasteiger partial charge in [-0.15, -0.1) is 0 Å². The van der Waals surface area contributed by atoms with E-state index in [1.54, 1.807) is 17.0 Å². The Morgan fingerprint density at radius 2 is 2.06 bits per heavy atom. The number of hydrogen-bond acceptors (Lipinski definition) is 3. The van der Waals surface area contributed by atoms with E-state index < -0.39 is 0 Å². The smallest absolute Gasteiger partial charge is 0.294 e. The van der Waals surface area contributed by atoms with Gasteiger partial charge in [0.15, 0.2) is 11.6 Å². The van der Waals surface area contributed by atoms with E-state index in [2.05, 4.69) is 6.07 Å². The number of aryl methyl sites for hydroxylation is 1. The van der Waals surface area contributed by atoms with Gasteiger partial charge in [-0.2, -0.15) is 0 Å². The molecule has 0 aliphatic carbocycles. The van der Waals surface area contributed by atoms with Crippen LogP contribution in [0.15, 0.2) is 40.8 Å². The summed E-state index contributed by atoms with van der Waals surface area (Å²) >= 11 is 0. The van der Waals surface area contributed by atoms with Gasteiger partial charge < -0.3 is 15.1 Å². The van der Waals surface area contributed by atoms with Crippen LogP contribution >= 0.6 is 0 Å². The summed E-state index contributed by atoms with van der Waals surface area (Å²) in [5.41, 5.74) is 7.68. The average molecular weight is 242 g/mol. The van der Waals surface area contributed by atoms with E-state index in [0.717, 1.165) is 25.1 Å². The third kappa shape index (κ3) is 1.76. The Hall–Kier alpha value is -2.23. The molecule has 2 heterocycles. The largest absolute Gasteiger partial charge is 0.436 e. The van der Waals surface area contributed by atoms with Crippen molar-refractivity contribution in [3.63, 3.8) is 0 Å². The van der Waals surface area contributed by atoms with Crippen LogP contribution in [0.25, 0.3) is 0 Å². The summed E-state index contributed by atoms with van der Waals surface area (Å²) < 4.78 is 5.20. The fourth-order valence-corrected chi connectivity index (χ4v) is 2.35. The fraction of sp³-hybridized carbons (Fsp3) is 0.214. The van der Waals surface area contributed by atoms with Crippen molar-refractivity contribution >= 4 is 17.5 Å². The maximum atomic E-state index is 12.4. The predicted octanol–water partition coefficient (Wildman–Crippen LogP) is 2.45. The van der Waals surface area contributed by atoms with Crippen LogP contribution in [0.4, 0.5) is 11.6 Å². The molecule has 92 valence electrons. The van der Waals surface area contributed by atoms with E-state index in [1.165, 1.54) is 5.56 Å². The standard InChI is InChI=1S/C14H14N2O2/c15-13-8-7-12(18-13)14(17)16-9-3-5-10-4-1-2-6-11(10)16/h1-2,4,6-8H,3,5,9,15H2. The van der Waals surface area contributed by atoms with Crippen LogP contribution in [0.3, 0.4) is 0 Å². The van der Waals surface area contributed by atoms with Crippen molar-refractivity contribution in [3.05, 3.63) is 47.7 Å². The van der Waals surface area contributed by atoms with Gasteiger partial charge in [-0.3, -0.25) is 4.79 Å². The minimum Gasteiger partial charge on any atom is -0.436 e. The Morgan fingerprint density at radius 3 is 2.83 bits per heavy atom. The van der Waals surface area contributed by atoms with Gasteiger partial charge in [0.25, 0.3) is 5.91 Å². The highest BCUT2D eigenvalue weighted by atomic mass is 16.4. The highest BCUT2D eigenvalue weighted by molar-refractivity contribution is 6.05. The first kappa shape index (κ1) is 10.9. The fourth-order valence-electron chi connectivity index (χ4n) is 2.35. The van der Waals surface area contributed by atoms with Crippen LogP contribution in [0.2, 0.25) is 0 Å². The van der Waals surface area contributed by atoms with Gasteiger partial charge in [-0.05, 0) is 30.5 Å². The molecule has 0 saturated heterocycles. The summed E-state index contributed by atoms with van der Waals surface area (Å²) in [4.78, 5) is 14.1. The normalized spacial score (nSPS) is 14.3. The van der Waals surface area contributed by atoms with Crippen LogP contribution in [0, 0.1) is 0 Å². The van der Waals surface area contributed by atoms with Crippen molar-refractivity contribution in [2.75, 3.05) is 17.2 Å². The Kier molecular flexibility index (Phi) is 2.55. The molecule has 1 aliphatic rings. The maximum Gasteiger partial charge on any atom is 0.294 e. The Balaban J connectivity index is 1.96. The van der Waals surface area contributed by atoms with Gasteiger partial charge in [0.1, 0.15) is 0 Å². The Labute approximate surface area is 105 Å². The number of amides is 1. The summed E-state index contributed by atoms with van der Waals surface area (Å²) in [6, 6.07) is 11.2. The van der Waals surface area contributed by atoms with Gasteiger partial charge >= 0.3 is 0 Å². The Bertz CT molecular complexity index is 589. The third-order valence-electron chi connectivity index (χ3n) is 3.19. The molecule has 0 bridgehead atoms. The molecule has 1 aliphatic heterocycles. The average Bonchev–Trinajstić information content (AvgIpc) is 2.84. The second-order valence-electron chi connectivity index (χ2n) is 4.39. The summed E-state index contributed by atoms with van der Waals surface area (Å²) in [6.45, 7) is 0.719. The molecule has 0 fully saturated rings. The lowest BCUT2D eigenvalue weighted by atomic mass is 10.0. The molecule has 4 heteroatoms. The number of furan rings is 1. The molecule has 0 radical (unpaired) electrons. The molecule has 0 unspecified atom stereocenters. The van der Waals surface area contributed by atoms with E-state index in [9.17, 15) is 4.79 Å². The summed E-state index contributed by atoms with van der Waals surface area (Å²) in [6.07, 6.45) is 1.99. The first-order valence-corrected chi connectivity index (χ1v) is 6.01. The maximum absolute atomic E-state index is 12.4. The number of fused-ring (bicyclic) bond motifs is 1. The van der Waals surface area contributed by atoms with Crippen LogP contribution in [0.5, 0.6) is 0 Å². The zero-order valence-electron chi connectivity index (χ0n) is 9.93. The van der Waals surface area contributed by atoms with Crippen LogP contribution in [-0.4, -0.2) is 12.5 Å². The van der Waals surface area contributed by atoms with E-state index >= 15 is 0 Å². The van der Waals surface area contributed by atoms with Gasteiger partial charge in [0.2, 0.25) is 0 Å². The van der Waals surface area contributed by atoms with Crippen LogP contribution in [0.1, 0.15) is 22.5 Å². The minimum absolute atomic E-state index is 0.126. The van der Waals surface area contributed by atoms with Gasteiger partial charge in [0.05, 0.1) is 0 Å². The second kappa shape index (κ2) is 4.22. The molecular formula is C14H14N2O2. The van der Waals surface area contributed by atoms with Crippen molar-refractivity contribution in [1.29, 1.82) is 0 Å². The second-order valence-corrected chi connectivity index (χ2v) is 4.39. The number of carbonyl (C=O) groups excluding carboxylic acids is 1. The van der Waals surface area contributed by atoms with Gasteiger partial charge in [0, 0.05) is 18.3 Å². The number of nitrogens with two attached hydrogens (primary N) is 1. The number of carbonyl (C=O) groups is 1. The molecule has 0 atom stereocenters. The molecule has 2 N–H and O–H groups in total. The van der Waals surface area contributed by atoms with E-state index in [-0.39, 0.29) is 11.8 Å². The van der Waals surface area contributed by atoms with Crippen molar-refractivity contribution in [2.24, 2.45) is 0 Å². The van der Waals surface area contributed by atoms with Crippen molar-refractivity contribution in [2.45, 2.75) is 12.8 Å². The number of rotatable bonds is 1. The minimum atomic E-state index is -0.126. The van der Waals surface area contributed by atoms with Crippen LogP contribution in [-0.2, 0) is 6.42 Å². The highest BCUT2D eigenvalue weighted by Gasteiger charge is 2.25. The van der Waals surface area contributed by atoms with Gasteiger partial charge in [-0.1, -0.05) is 18.2 Å². The lowest BCUT2D eigenvalue weighted by Crippen LogP contribution is -2.35. The number of hydrogen-bond donors (Lipinski definition) is 1. The topological polar surface area (TPSA) is 59.5 Å². The summed E-state index contributed by atoms with van der Waals surface area (Å²) in [7, 11) is 0. The third-order valence-corrected chi connectivity index (χ3v) is 3.19. The van der Waals surface area contributed by atoms with Crippen molar-refractivity contribution < 1.29 is 9.21 Å². The van der Waals surface area contributed by atoms with Crippen molar-refractivity contribution in [1.82, 2.24) is 0 Å². The Morgan fingerprint density at radius 1 is 1.22 bits per heavy atom. The SMILES string of the molecule is Nc1ccc(C(=O)N2CCCc3ccccc32)o1. The molecule has 0 spiro atoms. The quantitative estimate of drug-likeness (QED) is 0.835. The molecule has 0 saturated carbocycles. The zero-order valence-corrected chi connectivity index (χ0v) is 9.93. The highest BCUT2D eigenvalue weighted by Crippen LogP contribution is 2.28. The lowest BCUT2D eigenvalue weighted by Gasteiger charge is -2.28. The van der Waals surface area contributed by atoms with E-state index in [0.29, 0.717) is 5.76 Å². The van der Waals surface area contributed by atoms with Crippen molar-refractivity contribution in [3.8, 4) is 0 Å². The molecule has 18 heavy (non-hydrogen) atoms. The number of nitrogens with zero attached hydrogens (tertiary/aromatic N) is 1. The number of anilines is 2. The van der Waals surface area contributed by atoms with E-state index in [1.807, 2.05) is 18.2 Å². The van der Waals surface area contributed by atoms with Gasteiger partial charge in [-0.25, -0.2) is 0 Å². The molecule has 1 aromatic heterocycles. The first-order valence-electron chi connectivity index (χ1n) is 6.01. The first-order chi connectivity index (χ1) is 8.75. The van der Waals surface area contributed by atoms with Crippen LogP contribution < -0.4 is 10.6 Å². The zero-order chi connectivity index (χ0) is 12.5. The lowest BCUT2D eigenvalue weighted by molar-refractivity contribution is 0.0959. The number of nitrogen functional groups attached to an aromatic ring is 1. The molecule has 1 amide bonds. The number of para-hydroxylation sites is 1. The summed E-state index contributed by atoms with van der Waals surface area (Å²) in [5, 5.41) is 0. The van der Waals surface area contributed by atoms with E-state index in [4.69, 9.17) is 10.2 Å². The summed E-state index contributed by atoms with van der Waals surface area (Å²) in [5.74, 6) is 0.437. The number of benzene rings is 1.